The van der Waals surface area contributed by atoms with Crippen molar-refractivity contribution in [3.05, 3.63) is 142 Å². The number of thiazole rings is 2. The minimum atomic E-state index is -1.18. The highest BCUT2D eigenvalue weighted by Crippen LogP contribution is 2.41. The fourth-order valence-corrected chi connectivity index (χ4v) is 7.44. The van der Waals surface area contributed by atoms with Gasteiger partial charge >= 0.3 is 0 Å². The summed E-state index contributed by atoms with van der Waals surface area (Å²) < 4.78 is 1.90. The van der Waals surface area contributed by atoms with Crippen LogP contribution in [-0.2, 0) is 15.2 Å². The van der Waals surface area contributed by atoms with Crippen molar-refractivity contribution >= 4 is 72.2 Å². The van der Waals surface area contributed by atoms with Gasteiger partial charge in [-0.25, -0.2) is 9.97 Å². The third-order valence-electron chi connectivity index (χ3n) is 6.49. The monoisotopic (exact) mass is 626 g/mol. The molecule has 0 aliphatic rings. The number of carbonyl (C=O) groups excluding carboxylic acids is 1. The van der Waals surface area contributed by atoms with E-state index in [1.807, 2.05) is 115 Å². The molecule has 0 aliphatic heterocycles. The van der Waals surface area contributed by atoms with Gasteiger partial charge in [-0.3, -0.25) is 4.79 Å². The third-order valence-corrected chi connectivity index (χ3v) is 9.73. The normalized spacial score (nSPS) is 11.9. The molecule has 0 saturated carbocycles. The highest BCUT2D eigenvalue weighted by molar-refractivity contribution is 8.16. The highest BCUT2D eigenvalue weighted by atomic mass is 35.5. The van der Waals surface area contributed by atoms with E-state index in [2.05, 4.69) is 20.4 Å². The maximum Gasteiger partial charge on any atom is 0.250 e. The predicted octanol–water partition coefficient (Wildman–Crippen LogP) is 8.48. The quantitative estimate of drug-likeness (QED) is 0.0751. The van der Waals surface area contributed by atoms with Gasteiger partial charge in [0.25, 0.3) is 0 Å². The first kappa shape index (κ1) is 28.1. The number of nitrogens with one attached hydrogen (secondary N) is 1. The largest absolute Gasteiger partial charge is 0.374 e. The van der Waals surface area contributed by atoms with Crippen molar-refractivity contribution in [2.24, 2.45) is 5.16 Å². The fourth-order valence-electron chi connectivity index (χ4n) is 4.54. The molecule has 0 spiro atoms. The number of hydrogen-bond acceptors (Lipinski definition) is 9. The van der Waals surface area contributed by atoms with Crippen LogP contribution < -0.4 is 5.32 Å². The SMILES string of the molecule is CNc1nc(/C(=N\OC(c2ccccc2)(c2ccccc2)c2ccccc2)C(=O)Sc2nc3ccccc3s2)c(Cl)s1. The highest BCUT2D eigenvalue weighted by Gasteiger charge is 2.40. The molecule has 4 aromatic carbocycles. The fraction of sp³-hybridized carbons (Fsp3) is 0.0625. The summed E-state index contributed by atoms with van der Waals surface area (Å²) in [6, 6.07) is 37.3. The molecule has 6 rings (SSSR count). The second kappa shape index (κ2) is 12.5. The summed E-state index contributed by atoms with van der Waals surface area (Å²) in [7, 11) is 1.75. The molecule has 42 heavy (non-hydrogen) atoms. The van der Waals surface area contributed by atoms with E-state index >= 15 is 0 Å². The van der Waals surface area contributed by atoms with Gasteiger partial charge in [0.1, 0.15) is 10.0 Å². The van der Waals surface area contributed by atoms with Crippen molar-refractivity contribution in [2.75, 3.05) is 12.4 Å². The summed E-state index contributed by atoms with van der Waals surface area (Å²) in [5.74, 6) is 0. The van der Waals surface area contributed by atoms with Crippen LogP contribution in [0, 0.1) is 0 Å². The third kappa shape index (κ3) is 5.56. The van der Waals surface area contributed by atoms with Gasteiger partial charge in [-0.15, -0.1) is 11.3 Å². The molecule has 2 heterocycles. The standard InChI is InChI=1S/C32H23ClN4O2S3/c1-34-30-36-26(28(33)41-30)27(29(38)42-31-35-24-19-11-12-20-25(24)40-31)37-39-32(21-13-5-2-6-14-21,22-15-7-3-8-16-22)23-17-9-4-10-18-23/h2-20H,1H3,(H,34,36)/b37-27+. The number of nitrogens with zero attached hydrogens (tertiary/aromatic N) is 3. The Morgan fingerprint density at radius 2 is 1.36 bits per heavy atom. The number of aromatic nitrogens is 2. The molecule has 208 valence electrons. The van der Waals surface area contributed by atoms with E-state index in [1.165, 1.54) is 22.7 Å². The van der Waals surface area contributed by atoms with E-state index < -0.39 is 5.60 Å². The first-order valence-corrected chi connectivity index (χ1v) is 15.8. The lowest BCUT2D eigenvalue weighted by Crippen LogP contribution is -2.32. The summed E-state index contributed by atoms with van der Waals surface area (Å²) in [6.45, 7) is 0. The van der Waals surface area contributed by atoms with Crippen LogP contribution in [0.1, 0.15) is 22.4 Å². The van der Waals surface area contributed by atoms with Crippen LogP contribution in [0.2, 0.25) is 4.34 Å². The Labute approximate surface area is 260 Å². The van der Waals surface area contributed by atoms with Crippen molar-refractivity contribution in [3.8, 4) is 0 Å². The maximum atomic E-state index is 14.0. The van der Waals surface area contributed by atoms with Gasteiger partial charge in [0.2, 0.25) is 10.7 Å². The number of rotatable bonds is 9. The van der Waals surface area contributed by atoms with E-state index in [-0.39, 0.29) is 16.5 Å². The van der Waals surface area contributed by atoms with Gasteiger partial charge in [0.15, 0.2) is 15.2 Å². The zero-order chi connectivity index (χ0) is 28.9. The van der Waals surface area contributed by atoms with Crippen molar-refractivity contribution < 1.29 is 9.63 Å². The lowest BCUT2D eigenvalue weighted by Gasteiger charge is -2.33. The Morgan fingerprint density at radius 1 is 0.810 bits per heavy atom. The molecule has 1 N–H and O–H groups in total. The molecule has 0 amide bonds. The first-order valence-electron chi connectivity index (χ1n) is 12.9. The summed E-state index contributed by atoms with van der Waals surface area (Å²) in [5, 5.41) is 7.78. The van der Waals surface area contributed by atoms with E-state index in [0.717, 1.165) is 38.7 Å². The van der Waals surface area contributed by atoms with Crippen LogP contribution in [-0.4, -0.2) is 27.8 Å². The van der Waals surface area contributed by atoms with Crippen molar-refractivity contribution in [3.63, 3.8) is 0 Å². The van der Waals surface area contributed by atoms with Crippen LogP contribution in [0.4, 0.5) is 5.13 Å². The van der Waals surface area contributed by atoms with Gasteiger partial charge in [-0.2, -0.15) is 0 Å². The predicted molar refractivity (Wildman–Crippen MR) is 174 cm³/mol. The molecule has 0 atom stereocenters. The van der Waals surface area contributed by atoms with Gasteiger partial charge < -0.3 is 10.2 Å². The van der Waals surface area contributed by atoms with E-state index in [1.54, 1.807) is 7.05 Å². The average Bonchev–Trinajstić information content (AvgIpc) is 3.63. The molecule has 0 saturated heterocycles. The number of oxime groups is 1. The molecule has 6 aromatic rings. The minimum Gasteiger partial charge on any atom is -0.374 e. The average molecular weight is 627 g/mol. The topological polar surface area (TPSA) is 76.5 Å². The molecule has 0 aliphatic carbocycles. The molecule has 0 fully saturated rings. The number of fused-ring (bicyclic) bond motifs is 1. The molecule has 0 unspecified atom stereocenters. The molecular weight excluding hydrogens is 604 g/mol. The number of hydrogen-bond donors (Lipinski definition) is 1. The Hall–Kier alpha value is -4.02. The second-order valence-corrected chi connectivity index (χ2v) is 12.9. The lowest BCUT2D eigenvalue weighted by molar-refractivity contribution is -0.105. The van der Waals surface area contributed by atoms with Gasteiger partial charge in [-0.05, 0) is 23.9 Å². The van der Waals surface area contributed by atoms with E-state index in [0.29, 0.717) is 13.8 Å². The number of para-hydroxylation sites is 1. The molecule has 6 nitrogen and oxygen atoms in total. The van der Waals surface area contributed by atoms with Crippen LogP contribution in [0.3, 0.4) is 0 Å². The van der Waals surface area contributed by atoms with Crippen LogP contribution in [0.25, 0.3) is 10.2 Å². The van der Waals surface area contributed by atoms with Gasteiger partial charge in [-0.1, -0.05) is 131 Å². The van der Waals surface area contributed by atoms with Crippen LogP contribution in [0.15, 0.2) is 125 Å². The number of benzene rings is 4. The van der Waals surface area contributed by atoms with Crippen LogP contribution in [0.5, 0.6) is 0 Å². The summed E-state index contributed by atoms with van der Waals surface area (Å²) in [4.78, 5) is 29.8. The molecule has 0 radical (unpaired) electrons. The van der Waals surface area contributed by atoms with Gasteiger partial charge in [0.05, 0.1) is 10.2 Å². The zero-order valence-corrected chi connectivity index (χ0v) is 25.4. The minimum absolute atomic E-state index is 0.00539. The Balaban J connectivity index is 1.51. The summed E-state index contributed by atoms with van der Waals surface area (Å²) in [5.41, 5.74) is 2.42. The smallest absolute Gasteiger partial charge is 0.250 e. The summed E-state index contributed by atoms with van der Waals surface area (Å²) in [6.07, 6.45) is 0. The molecule has 0 bridgehead atoms. The maximum absolute atomic E-state index is 14.0. The van der Waals surface area contributed by atoms with E-state index in [9.17, 15) is 4.79 Å². The van der Waals surface area contributed by atoms with Crippen molar-refractivity contribution in [1.29, 1.82) is 0 Å². The Morgan fingerprint density at radius 3 is 1.88 bits per heavy atom. The Bertz CT molecular complexity index is 1730. The van der Waals surface area contributed by atoms with E-state index in [4.69, 9.17) is 16.4 Å². The lowest BCUT2D eigenvalue weighted by atomic mass is 9.80. The van der Waals surface area contributed by atoms with Gasteiger partial charge in [0, 0.05) is 23.7 Å². The van der Waals surface area contributed by atoms with Crippen molar-refractivity contribution in [2.45, 2.75) is 9.94 Å². The second-order valence-electron chi connectivity index (χ2n) is 9.04. The number of thioether (sulfide) groups is 1. The summed E-state index contributed by atoms with van der Waals surface area (Å²) >= 11 is 10.3. The molecule has 10 heteroatoms. The molecule has 2 aromatic heterocycles. The Kier molecular flexibility index (Phi) is 8.34. The van der Waals surface area contributed by atoms with Crippen molar-refractivity contribution in [1.82, 2.24) is 9.97 Å². The number of carbonyl (C=O) groups is 1. The zero-order valence-electron chi connectivity index (χ0n) is 22.2. The van der Waals surface area contributed by atoms with Crippen LogP contribution >= 0.6 is 46.0 Å². The number of halogens is 1. The number of anilines is 1. The molecular formula is C32H23ClN4O2S3. The first-order chi connectivity index (χ1) is 20.6.